The van der Waals surface area contributed by atoms with Gasteiger partial charge in [0.05, 0.1) is 0 Å². The molecular weight excluding hydrogens is 342 g/mol. The Hall–Kier alpha value is 0.163. The fourth-order valence-electron chi connectivity index (χ4n) is 2.28. The largest absolute Gasteiger partial charge is 4.00 e. The first kappa shape index (κ1) is 20.5. The molecule has 0 bridgehead atoms. The Morgan fingerprint density at radius 1 is 1.17 bits per heavy atom. The van der Waals surface area contributed by atoms with E-state index in [4.69, 9.17) is 0 Å². The third kappa shape index (κ3) is 6.36. The van der Waals surface area contributed by atoms with Crippen molar-refractivity contribution in [1.29, 1.82) is 0 Å². The van der Waals surface area contributed by atoms with Crippen LogP contribution >= 0.6 is 0 Å². The molecule has 0 heterocycles. The van der Waals surface area contributed by atoms with Gasteiger partial charge in [-0.05, 0) is 12.3 Å². The zero-order valence-electron chi connectivity index (χ0n) is 10.5. The summed E-state index contributed by atoms with van der Waals surface area (Å²) in [5.41, 5.74) is 1.58. The molecule has 3 rings (SSSR count). The summed E-state index contributed by atoms with van der Waals surface area (Å²) >= 11 is 0. The Kier molecular flexibility index (Phi) is 12.5. The van der Waals surface area contributed by atoms with Crippen LogP contribution in [0.15, 0.2) is 54.1 Å². The van der Waals surface area contributed by atoms with Crippen molar-refractivity contribution in [3.63, 3.8) is 0 Å². The molecule has 18 heavy (non-hydrogen) atoms. The van der Waals surface area contributed by atoms with Crippen LogP contribution < -0.4 is 24.8 Å². The number of rotatable bonds is 0. The van der Waals surface area contributed by atoms with Gasteiger partial charge in [-0.15, -0.1) is 12.2 Å². The average molecular weight is 360 g/mol. The zero-order valence-corrected chi connectivity index (χ0v) is 14.5. The third-order valence-electron chi connectivity index (χ3n) is 3.01. The smallest absolute Gasteiger partial charge is 1.00 e. The second-order valence-electron chi connectivity index (χ2n) is 4.37. The quantitative estimate of drug-likeness (QED) is 0.477. The van der Waals surface area contributed by atoms with Crippen LogP contribution in [0.4, 0.5) is 0 Å². The first-order valence-electron chi connectivity index (χ1n) is 5.74. The first-order chi connectivity index (χ1) is 7.36. The SMILES string of the molecule is CC1[CH-]C2=CC=CCC2C1.[Cl-].[Cl-].[Zr+4].c1cc[cH-]c1. The second kappa shape index (κ2) is 11.0. The maximum Gasteiger partial charge on any atom is 4.00 e. The molecule has 1 aromatic rings. The molecule has 0 spiro atoms. The van der Waals surface area contributed by atoms with Crippen LogP contribution in [0.2, 0.25) is 0 Å². The topological polar surface area (TPSA) is 0 Å². The molecule has 1 aromatic carbocycles. The van der Waals surface area contributed by atoms with Crippen molar-refractivity contribution in [3.05, 3.63) is 60.6 Å². The van der Waals surface area contributed by atoms with Crippen LogP contribution in [0.3, 0.4) is 0 Å². The minimum Gasteiger partial charge on any atom is -1.00 e. The molecule has 2 aliphatic rings. The molecule has 2 unspecified atom stereocenters. The monoisotopic (exact) mass is 358 g/mol. The van der Waals surface area contributed by atoms with Crippen LogP contribution in [0.25, 0.3) is 0 Å². The summed E-state index contributed by atoms with van der Waals surface area (Å²) in [4.78, 5) is 0. The molecule has 0 amide bonds. The standard InChI is InChI=1S/C10H13.C5H5.2ClH.Zr/c1-8-6-9-4-2-3-5-10(9)7-8;1-2-4-5-3-1;;;/h2-4,6,8,10H,5,7H2,1H3;1-5H;2*1H;/q2*-1;;;+4/p-2. The molecule has 0 radical (unpaired) electrons. The van der Waals surface area contributed by atoms with Crippen molar-refractivity contribution in [1.82, 2.24) is 0 Å². The Morgan fingerprint density at radius 2 is 1.83 bits per heavy atom. The van der Waals surface area contributed by atoms with Crippen LogP contribution in [-0.2, 0) is 26.2 Å². The summed E-state index contributed by atoms with van der Waals surface area (Å²) in [5, 5.41) is 0. The minimum absolute atomic E-state index is 0. The van der Waals surface area contributed by atoms with Crippen molar-refractivity contribution in [2.24, 2.45) is 11.8 Å². The molecule has 0 nitrogen and oxygen atoms in total. The van der Waals surface area contributed by atoms with Crippen molar-refractivity contribution in [2.75, 3.05) is 0 Å². The summed E-state index contributed by atoms with van der Waals surface area (Å²) in [7, 11) is 0. The Balaban J connectivity index is 0. The normalized spacial score (nSPS) is 22.6. The number of fused-ring (bicyclic) bond motifs is 1. The van der Waals surface area contributed by atoms with Gasteiger partial charge in [0, 0.05) is 0 Å². The van der Waals surface area contributed by atoms with Gasteiger partial charge in [0.25, 0.3) is 0 Å². The molecule has 1 saturated carbocycles. The Labute approximate surface area is 142 Å². The predicted molar refractivity (Wildman–Crippen MR) is 65.4 cm³/mol. The Morgan fingerprint density at radius 3 is 2.33 bits per heavy atom. The Bertz CT molecular complexity index is 324. The first-order valence-corrected chi connectivity index (χ1v) is 5.74. The van der Waals surface area contributed by atoms with E-state index < -0.39 is 0 Å². The van der Waals surface area contributed by atoms with E-state index >= 15 is 0 Å². The molecular formula is C15H18Cl2Zr. The maximum atomic E-state index is 2.41. The van der Waals surface area contributed by atoms with E-state index in [1.807, 2.05) is 30.3 Å². The molecule has 1 fully saturated rings. The average Bonchev–Trinajstić information content (AvgIpc) is 2.87. The van der Waals surface area contributed by atoms with Gasteiger partial charge in [0.15, 0.2) is 0 Å². The molecule has 2 atom stereocenters. The van der Waals surface area contributed by atoms with Gasteiger partial charge in [-0.2, -0.15) is 18.2 Å². The van der Waals surface area contributed by atoms with E-state index in [1.54, 1.807) is 5.57 Å². The summed E-state index contributed by atoms with van der Waals surface area (Å²) in [6.45, 7) is 2.30. The van der Waals surface area contributed by atoms with E-state index in [0.29, 0.717) is 0 Å². The van der Waals surface area contributed by atoms with Gasteiger partial charge in [0.1, 0.15) is 0 Å². The predicted octanol–water partition coefficient (Wildman–Crippen LogP) is -1.86. The maximum absolute atomic E-state index is 2.41. The van der Waals surface area contributed by atoms with E-state index in [0.717, 1.165) is 11.8 Å². The number of hydrogen-bond acceptors (Lipinski definition) is 0. The fraction of sp³-hybridized carbons (Fsp3) is 0.333. The zero-order chi connectivity index (χ0) is 10.5. The van der Waals surface area contributed by atoms with Crippen LogP contribution in [0.1, 0.15) is 19.8 Å². The van der Waals surface area contributed by atoms with Crippen LogP contribution in [0, 0.1) is 18.3 Å². The molecule has 0 N–H and O–H groups in total. The fourth-order valence-corrected chi connectivity index (χ4v) is 2.28. The van der Waals surface area contributed by atoms with Crippen LogP contribution in [0.5, 0.6) is 0 Å². The summed E-state index contributed by atoms with van der Waals surface area (Å²) in [6, 6.07) is 10.0. The van der Waals surface area contributed by atoms with E-state index in [-0.39, 0.29) is 51.0 Å². The minimum atomic E-state index is 0. The summed E-state index contributed by atoms with van der Waals surface area (Å²) in [6.07, 6.45) is 11.8. The van der Waals surface area contributed by atoms with Gasteiger partial charge in [-0.3, -0.25) is 0 Å². The van der Waals surface area contributed by atoms with Gasteiger partial charge < -0.3 is 24.8 Å². The van der Waals surface area contributed by atoms with E-state index in [9.17, 15) is 0 Å². The van der Waals surface area contributed by atoms with Crippen molar-refractivity contribution in [3.8, 4) is 0 Å². The number of hydrogen-bond donors (Lipinski definition) is 0. The molecule has 0 saturated heterocycles. The number of halogens is 2. The van der Waals surface area contributed by atoms with Crippen molar-refractivity contribution in [2.45, 2.75) is 19.8 Å². The van der Waals surface area contributed by atoms with Gasteiger partial charge >= 0.3 is 26.2 Å². The molecule has 96 valence electrons. The molecule has 3 heteroatoms. The van der Waals surface area contributed by atoms with E-state index in [1.165, 1.54) is 12.8 Å². The second-order valence-corrected chi connectivity index (χ2v) is 4.37. The third-order valence-corrected chi connectivity index (χ3v) is 3.01. The van der Waals surface area contributed by atoms with Gasteiger partial charge in [-0.1, -0.05) is 19.3 Å². The number of allylic oxidation sites excluding steroid dienone is 4. The molecule has 2 aliphatic carbocycles. The molecule has 0 aliphatic heterocycles. The van der Waals surface area contributed by atoms with E-state index in [2.05, 4.69) is 31.6 Å². The van der Waals surface area contributed by atoms with Gasteiger partial charge in [0.2, 0.25) is 0 Å². The van der Waals surface area contributed by atoms with Gasteiger partial charge in [-0.25, -0.2) is 30.2 Å². The summed E-state index contributed by atoms with van der Waals surface area (Å²) < 4.78 is 0. The van der Waals surface area contributed by atoms with Crippen molar-refractivity contribution < 1.29 is 51.0 Å². The van der Waals surface area contributed by atoms with Crippen molar-refractivity contribution >= 4 is 0 Å². The van der Waals surface area contributed by atoms with Crippen LogP contribution in [-0.4, -0.2) is 0 Å². The summed E-state index contributed by atoms with van der Waals surface area (Å²) in [5.74, 6) is 1.68. The molecule has 0 aromatic heterocycles.